The number of rotatable bonds is 5. The van der Waals surface area contributed by atoms with Gasteiger partial charge in [-0.25, -0.2) is 8.42 Å². The van der Waals surface area contributed by atoms with Gasteiger partial charge in [-0.05, 0) is 53.2 Å². The van der Waals surface area contributed by atoms with Gasteiger partial charge in [-0.15, -0.1) is 0 Å². The molecule has 112 valence electrons. The first kappa shape index (κ1) is 16.1. The third kappa shape index (κ3) is 3.90. The number of anilines is 1. The molecule has 2 aromatic carbocycles. The highest BCUT2D eigenvalue weighted by Gasteiger charge is 2.17. The Kier molecular flexibility index (Phi) is 5.13. The number of para-hydroxylation sites is 1. The van der Waals surface area contributed by atoms with Gasteiger partial charge in [-0.3, -0.25) is 4.72 Å². The Labute approximate surface area is 137 Å². The molecule has 21 heavy (non-hydrogen) atoms. The first-order chi connectivity index (χ1) is 9.94. The van der Waals surface area contributed by atoms with E-state index in [0.29, 0.717) is 22.5 Å². The summed E-state index contributed by atoms with van der Waals surface area (Å²) in [7, 11) is -3.71. The van der Waals surface area contributed by atoms with Crippen LogP contribution in [0.3, 0.4) is 0 Å². The molecule has 0 bridgehead atoms. The van der Waals surface area contributed by atoms with Crippen molar-refractivity contribution in [1.82, 2.24) is 0 Å². The lowest BCUT2D eigenvalue weighted by atomic mass is 10.3. The molecular weight excluding hydrogens is 378 g/mol. The summed E-state index contributed by atoms with van der Waals surface area (Å²) in [6.07, 6.45) is 0. The second-order valence-electron chi connectivity index (χ2n) is 4.11. The van der Waals surface area contributed by atoms with Crippen molar-refractivity contribution in [2.75, 3.05) is 11.3 Å². The van der Waals surface area contributed by atoms with E-state index < -0.39 is 10.0 Å². The van der Waals surface area contributed by atoms with E-state index in [9.17, 15) is 8.42 Å². The van der Waals surface area contributed by atoms with Gasteiger partial charge < -0.3 is 4.74 Å². The molecular formula is C14H13BrClNO3S. The van der Waals surface area contributed by atoms with Gasteiger partial charge in [0.2, 0.25) is 0 Å². The van der Waals surface area contributed by atoms with Crippen molar-refractivity contribution in [3.63, 3.8) is 0 Å². The first-order valence-electron chi connectivity index (χ1n) is 6.13. The molecule has 0 saturated carbocycles. The van der Waals surface area contributed by atoms with Crippen molar-refractivity contribution >= 4 is 43.2 Å². The lowest BCUT2D eigenvalue weighted by Gasteiger charge is -2.11. The topological polar surface area (TPSA) is 55.4 Å². The second kappa shape index (κ2) is 6.68. The maximum atomic E-state index is 12.3. The number of hydrogen-bond donors (Lipinski definition) is 1. The number of sulfonamides is 1. The van der Waals surface area contributed by atoms with Crippen LogP contribution >= 0.6 is 27.5 Å². The predicted molar refractivity (Wildman–Crippen MR) is 87.6 cm³/mol. The molecule has 0 aliphatic carbocycles. The van der Waals surface area contributed by atoms with E-state index >= 15 is 0 Å². The second-order valence-corrected chi connectivity index (χ2v) is 7.05. The van der Waals surface area contributed by atoms with E-state index in [1.54, 1.807) is 30.3 Å². The molecule has 0 unspecified atom stereocenters. The number of nitrogens with one attached hydrogen (secondary N) is 1. The lowest BCUT2D eigenvalue weighted by Crippen LogP contribution is -2.13. The molecule has 4 nitrogen and oxygen atoms in total. The average Bonchev–Trinajstić information content (AvgIpc) is 2.43. The summed E-state index contributed by atoms with van der Waals surface area (Å²) >= 11 is 9.32. The summed E-state index contributed by atoms with van der Waals surface area (Å²) in [6.45, 7) is 2.29. The zero-order chi connectivity index (χ0) is 15.5. The Bertz CT molecular complexity index is 750. The van der Waals surface area contributed by atoms with E-state index in [1.165, 1.54) is 12.1 Å². The van der Waals surface area contributed by atoms with Crippen LogP contribution < -0.4 is 9.46 Å². The number of halogens is 2. The van der Waals surface area contributed by atoms with Crippen LogP contribution in [0, 0.1) is 0 Å². The third-order valence-electron chi connectivity index (χ3n) is 2.63. The van der Waals surface area contributed by atoms with Crippen molar-refractivity contribution in [1.29, 1.82) is 0 Å². The van der Waals surface area contributed by atoms with Crippen molar-refractivity contribution < 1.29 is 13.2 Å². The summed E-state index contributed by atoms with van der Waals surface area (Å²) in [4.78, 5) is 0.0757. The standard InChI is InChI=1S/C14H13BrClNO3S/c1-2-20-14-8-7-10(9-12(14)16)21(18,19)17-13-6-4-3-5-11(13)15/h3-9,17H,2H2,1H3. The monoisotopic (exact) mass is 389 g/mol. The molecule has 0 radical (unpaired) electrons. The molecule has 7 heteroatoms. The Hall–Kier alpha value is -1.24. The molecule has 0 aliphatic rings. The van der Waals surface area contributed by atoms with Crippen molar-refractivity contribution in [2.45, 2.75) is 11.8 Å². The SMILES string of the molecule is CCOc1ccc(S(=O)(=O)Nc2ccccc2Br)cc1Cl. The van der Waals surface area contributed by atoms with Gasteiger partial charge in [0.15, 0.2) is 0 Å². The van der Waals surface area contributed by atoms with E-state index in [1.807, 2.05) is 6.92 Å². The number of hydrogen-bond acceptors (Lipinski definition) is 3. The number of benzene rings is 2. The van der Waals surface area contributed by atoms with Crippen LogP contribution in [0.2, 0.25) is 5.02 Å². The van der Waals surface area contributed by atoms with E-state index in [0.717, 1.165) is 0 Å². The minimum Gasteiger partial charge on any atom is -0.492 e. The van der Waals surface area contributed by atoms with E-state index in [2.05, 4.69) is 20.7 Å². The van der Waals surface area contributed by atoms with E-state index in [-0.39, 0.29) is 9.92 Å². The average molecular weight is 391 g/mol. The van der Waals surface area contributed by atoms with Crippen LogP contribution in [0.15, 0.2) is 51.8 Å². The van der Waals surface area contributed by atoms with Crippen LogP contribution in [-0.4, -0.2) is 15.0 Å². The molecule has 0 spiro atoms. The predicted octanol–water partition coefficient (Wildman–Crippen LogP) is 4.30. The number of ether oxygens (including phenoxy) is 1. The van der Waals surface area contributed by atoms with Crippen molar-refractivity contribution in [3.8, 4) is 5.75 Å². The quantitative estimate of drug-likeness (QED) is 0.828. The van der Waals surface area contributed by atoms with Crippen LogP contribution in [0.1, 0.15) is 6.92 Å². The molecule has 0 heterocycles. The molecule has 2 aromatic rings. The summed E-state index contributed by atoms with van der Waals surface area (Å²) < 4.78 is 33.1. The smallest absolute Gasteiger partial charge is 0.261 e. The van der Waals surface area contributed by atoms with Gasteiger partial charge in [0.1, 0.15) is 5.75 Å². The van der Waals surface area contributed by atoms with Crippen molar-refractivity contribution in [3.05, 3.63) is 52.0 Å². The minimum atomic E-state index is -3.71. The Morgan fingerprint density at radius 3 is 2.57 bits per heavy atom. The maximum Gasteiger partial charge on any atom is 0.261 e. The summed E-state index contributed by atoms with van der Waals surface area (Å²) in [5, 5.41) is 0.256. The fourth-order valence-electron chi connectivity index (χ4n) is 1.67. The molecule has 0 fully saturated rings. The van der Waals surface area contributed by atoms with E-state index in [4.69, 9.17) is 16.3 Å². The van der Waals surface area contributed by atoms with Crippen molar-refractivity contribution in [2.24, 2.45) is 0 Å². The normalized spacial score (nSPS) is 11.2. The zero-order valence-corrected chi connectivity index (χ0v) is 14.3. The summed E-state index contributed by atoms with van der Waals surface area (Å²) in [5.74, 6) is 0.457. The van der Waals surface area contributed by atoms with Gasteiger partial charge in [-0.1, -0.05) is 23.7 Å². The van der Waals surface area contributed by atoms with Gasteiger partial charge in [0.05, 0.1) is 22.2 Å². The molecule has 0 amide bonds. The van der Waals surface area contributed by atoms with Gasteiger partial charge in [-0.2, -0.15) is 0 Å². The molecule has 0 aliphatic heterocycles. The Morgan fingerprint density at radius 2 is 1.95 bits per heavy atom. The maximum absolute atomic E-state index is 12.3. The highest BCUT2D eigenvalue weighted by molar-refractivity contribution is 9.10. The van der Waals surface area contributed by atoms with Gasteiger partial charge in [0, 0.05) is 4.47 Å². The van der Waals surface area contributed by atoms with Crippen LogP contribution in [0.4, 0.5) is 5.69 Å². The Morgan fingerprint density at radius 1 is 1.24 bits per heavy atom. The Balaban J connectivity index is 2.32. The van der Waals surface area contributed by atoms with Gasteiger partial charge >= 0.3 is 0 Å². The lowest BCUT2D eigenvalue weighted by molar-refractivity contribution is 0.340. The van der Waals surface area contributed by atoms with Crippen LogP contribution in [0.5, 0.6) is 5.75 Å². The zero-order valence-electron chi connectivity index (χ0n) is 11.1. The van der Waals surface area contributed by atoms with Crippen LogP contribution in [0.25, 0.3) is 0 Å². The molecule has 0 atom stereocenters. The third-order valence-corrected chi connectivity index (χ3v) is 4.98. The fraction of sp³-hybridized carbons (Fsp3) is 0.143. The highest BCUT2D eigenvalue weighted by Crippen LogP contribution is 2.29. The molecule has 0 aromatic heterocycles. The molecule has 2 rings (SSSR count). The largest absolute Gasteiger partial charge is 0.492 e. The van der Waals surface area contributed by atoms with Crippen LogP contribution in [-0.2, 0) is 10.0 Å². The molecule has 1 N–H and O–H groups in total. The minimum absolute atomic E-state index is 0.0757. The summed E-state index contributed by atoms with van der Waals surface area (Å²) in [5.41, 5.74) is 0.461. The highest BCUT2D eigenvalue weighted by atomic mass is 79.9. The molecule has 0 saturated heterocycles. The fourth-order valence-corrected chi connectivity index (χ4v) is 3.59. The first-order valence-corrected chi connectivity index (χ1v) is 8.79. The van der Waals surface area contributed by atoms with Gasteiger partial charge in [0.25, 0.3) is 10.0 Å². The summed E-state index contributed by atoms with van der Waals surface area (Å²) in [6, 6.07) is 11.3.